The van der Waals surface area contributed by atoms with Gasteiger partial charge in [-0.25, -0.2) is 0 Å². The number of carboxylic acid groups (broad SMARTS) is 2. The molecular weight excluding hydrogens is 632 g/mol. The standard InChI is InChI=1S/C34H31NO5.C6H12O2.CH5N/c36-24-30(35-23-26-9-3-1-4-10-26)19-20-40-31-17-15-25(16-18-31)21-29(34(38)39)22-28-13-7-8-14-32(28)33(37)27-11-5-2-6-12-27;1-3-4-5(2)6(7)8;1-2/h1-18,23-24,29,36H,19-22H2,(H,38,39);5H,3-4H2,1-2H3,(H,7,8);2H2,1H3/b30-24-,35-23?;;. The van der Waals surface area contributed by atoms with E-state index in [1.165, 1.54) is 7.05 Å². The van der Waals surface area contributed by atoms with E-state index in [1.807, 2.05) is 79.7 Å². The number of aliphatic hydroxyl groups excluding tert-OH is 1. The van der Waals surface area contributed by atoms with Gasteiger partial charge in [-0.05, 0) is 55.1 Å². The molecule has 0 amide bonds. The second-order valence-electron chi connectivity index (χ2n) is 11.4. The minimum Gasteiger partial charge on any atom is -0.514 e. The van der Waals surface area contributed by atoms with Gasteiger partial charge in [0.15, 0.2) is 5.78 Å². The summed E-state index contributed by atoms with van der Waals surface area (Å²) in [4.78, 5) is 39.6. The monoisotopic (exact) mass is 680 g/mol. The number of carbonyl (C=O) groups is 3. The lowest BCUT2D eigenvalue weighted by atomic mass is 9.88. The molecule has 2 unspecified atom stereocenters. The molecule has 0 fully saturated rings. The third kappa shape index (κ3) is 14.3. The molecule has 0 saturated heterocycles. The molecule has 9 heteroatoms. The average Bonchev–Trinajstić information content (AvgIpc) is 3.15. The summed E-state index contributed by atoms with van der Waals surface area (Å²) in [5.41, 5.74) is 8.59. The van der Waals surface area contributed by atoms with Crippen molar-refractivity contribution < 1.29 is 34.4 Å². The van der Waals surface area contributed by atoms with Crippen molar-refractivity contribution in [3.8, 4) is 5.75 Å². The quantitative estimate of drug-likeness (QED) is 0.0531. The van der Waals surface area contributed by atoms with Crippen LogP contribution in [0, 0.1) is 11.8 Å². The number of carboxylic acids is 2. The van der Waals surface area contributed by atoms with Gasteiger partial charge in [-0.1, -0.05) is 117 Å². The number of hydrogen-bond acceptors (Lipinski definition) is 7. The summed E-state index contributed by atoms with van der Waals surface area (Å²) in [7, 11) is 1.50. The third-order valence-corrected chi connectivity index (χ3v) is 7.62. The van der Waals surface area contributed by atoms with Crippen molar-refractivity contribution >= 4 is 23.9 Å². The largest absolute Gasteiger partial charge is 0.514 e. The summed E-state index contributed by atoms with van der Waals surface area (Å²) < 4.78 is 5.80. The topological polar surface area (TPSA) is 160 Å². The van der Waals surface area contributed by atoms with E-state index in [-0.39, 0.29) is 18.1 Å². The Morgan fingerprint density at radius 2 is 1.40 bits per heavy atom. The van der Waals surface area contributed by atoms with Crippen LogP contribution in [-0.2, 0) is 22.4 Å². The van der Waals surface area contributed by atoms with Crippen molar-refractivity contribution in [3.05, 3.63) is 149 Å². The number of aliphatic hydroxyl groups is 1. The highest BCUT2D eigenvalue weighted by Gasteiger charge is 2.22. The van der Waals surface area contributed by atoms with Crippen molar-refractivity contribution in [2.24, 2.45) is 22.6 Å². The fourth-order valence-corrected chi connectivity index (χ4v) is 4.87. The van der Waals surface area contributed by atoms with Crippen molar-refractivity contribution in [3.63, 3.8) is 0 Å². The molecule has 4 aromatic rings. The van der Waals surface area contributed by atoms with Crippen LogP contribution in [0.25, 0.3) is 0 Å². The molecule has 264 valence electrons. The minimum absolute atomic E-state index is 0.119. The van der Waals surface area contributed by atoms with E-state index in [0.29, 0.717) is 47.6 Å². The maximum Gasteiger partial charge on any atom is 0.307 e. The van der Waals surface area contributed by atoms with Crippen LogP contribution in [0.2, 0.25) is 0 Å². The number of benzene rings is 4. The van der Waals surface area contributed by atoms with E-state index in [4.69, 9.17) is 9.84 Å². The van der Waals surface area contributed by atoms with Crippen LogP contribution >= 0.6 is 0 Å². The number of nitrogens with zero attached hydrogens (tertiary/aromatic N) is 1. The molecule has 0 spiro atoms. The highest BCUT2D eigenvalue weighted by molar-refractivity contribution is 6.09. The first kappa shape index (κ1) is 40.6. The molecule has 0 aliphatic carbocycles. The first-order valence-electron chi connectivity index (χ1n) is 16.6. The van der Waals surface area contributed by atoms with Crippen LogP contribution in [0.15, 0.2) is 126 Å². The van der Waals surface area contributed by atoms with Crippen LogP contribution < -0.4 is 10.5 Å². The second kappa shape index (κ2) is 22.9. The van der Waals surface area contributed by atoms with Gasteiger partial charge in [0.2, 0.25) is 0 Å². The van der Waals surface area contributed by atoms with E-state index in [9.17, 15) is 24.6 Å². The second-order valence-corrected chi connectivity index (χ2v) is 11.4. The van der Waals surface area contributed by atoms with Gasteiger partial charge in [-0.15, -0.1) is 0 Å². The van der Waals surface area contributed by atoms with E-state index in [0.717, 1.165) is 30.2 Å². The Balaban J connectivity index is 0.000000763. The van der Waals surface area contributed by atoms with Crippen molar-refractivity contribution in [1.29, 1.82) is 0 Å². The van der Waals surface area contributed by atoms with Crippen LogP contribution in [0.3, 0.4) is 0 Å². The van der Waals surface area contributed by atoms with Gasteiger partial charge in [0, 0.05) is 23.8 Å². The number of aliphatic imine (C=N–C) groups is 1. The summed E-state index contributed by atoms with van der Waals surface area (Å²) in [6.07, 6.45) is 5.37. The molecule has 0 aliphatic heterocycles. The Morgan fingerprint density at radius 1 is 0.800 bits per heavy atom. The Hall–Kier alpha value is -5.54. The molecule has 0 heterocycles. The van der Waals surface area contributed by atoms with Crippen molar-refractivity contribution in [2.45, 2.75) is 46.0 Å². The van der Waals surface area contributed by atoms with Gasteiger partial charge in [-0.3, -0.25) is 19.4 Å². The first-order valence-corrected chi connectivity index (χ1v) is 16.6. The zero-order valence-corrected chi connectivity index (χ0v) is 28.9. The molecule has 4 rings (SSSR count). The maximum atomic E-state index is 13.1. The van der Waals surface area contributed by atoms with E-state index >= 15 is 0 Å². The number of rotatable bonds is 16. The molecule has 5 N–H and O–H groups in total. The molecule has 0 radical (unpaired) electrons. The molecule has 9 nitrogen and oxygen atoms in total. The molecule has 0 aromatic heterocycles. The molecular formula is C41H48N2O7. The SMILES string of the molecule is CCCC(C)C(=O)O.CN.O=C(c1ccccc1)c1ccccc1CC(Cc1ccc(OCC/C(=C/O)N=Cc2ccccc2)cc1)C(=O)O. The Morgan fingerprint density at radius 3 is 1.96 bits per heavy atom. The predicted octanol–water partition coefficient (Wildman–Crippen LogP) is 7.77. The van der Waals surface area contributed by atoms with E-state index in [1.54, 1.807) is 49.5 Å². The highest BCUT2D eigenvalue weighted by atomic mass is 16.5. The lowest BCUT2D eigenvalue weighted by molar-refractivity contribution is -0.142. The van der Waals surface area contributed by atoms with Gasteiger partial charge < -0.3 is 25.8 Å². The number of ketones is 1. The van der Waals surface area contributed by atoms with Crippen LogP contribution in [-0.4, -0.2) is 52.9 Å². The fraction of sp³-hybridized carbons (Fsp3) is 0.268. The lowest BCUT2D eigenvalue weighted by Gasteiger charge is -2.16. The zero-order chi connectivity index (χ0) is 36.7. The number of carbonyl (C=O) groups excluding carboxylic acids is 1. The van der Waals surface area contributed by atoms with Crippen LogP contribution in [0.4, 0.5) is 0 Å². The number of aliphatic carboxylic acids is 2. The highest BCUT2D eigenvalue weighted by Crippen LogP contribution is 2.22. The lowest BCUT2D eigenvalue weighted by Crippen LogP contribution is -2.20. The van der Waals surface area contributed by atoms with Crippen LogP contribution in [0.1, 0.15) is 65.7 Å². The summed E-state index contributed by atoms with van der Waals surface area (Å²) in [5, 5.41) is 27.8. The Kier molecular flexibility index (Phi) is 18.6. The predicted molar refractivity (Wildman–Crippen MR) is 198 cm³/mol. The third-order valence-electron chi connectivity index (χ3n) is 7.62. The van der Waals surface area contributed by atoms with Gasteiger partial charge in [0.25, 0.3) is 0 Å². The summed E-state index contributed by atoms with van der Waals surface area (Å²) >= 11 is 0. The number of hydrogen-bond donors (Lipinski definition) is 4. The summed E-state index contributed by atoms with van der Waals surface area (Å²) in [5.74, 6) is -1.95. The Labute approximate surface area is 294 Å². The number of ether oxygens (including phenoxy) is 1. The average molecular weight is 681 g/mol. The molecule has 50 heavy (non-hydrogen) atoms. The van der Waals surface area contributed by atoms with Gasteiger partial charge in [-0.2, -0.15) is 0 Å². The van der Waals surface area contributed by atoms with Crippen molar-refractivity contribution in [2.75, 3.05) is 13.7 Å². The molecule has 4 aromatic carbocycles. The number of nitrogens with two attached hydrogens (primary N) is 1. The zero-order valence-electron chi connectivity index (χ0n) is 28.9. The van der Waals surface area contributed by atoms with Crippen molar-refractivity contribution in [1.82, 2.24) is 0 Å². The maximum absolute atomic E-state index is 13.1. The first-order chi connectivity index (χ1) is 24.2. The van der Waals surface area contributed by atoms with Gasteiger partial charge in [0.05, 0.1) is 24.1 Å². The molecule has 0 aliphatic rings. The summed E-state index contributed by atoms with van der Waals surface area (Å²) in [6.45, 7) is 4.03. The smallest absolute Gasteiger partial charge is 0.307 e. The summed E-state index contributed by atoms with van der Waals surface area (Å²) in [6, 6.07) is 33.1. The van der Waals surface area contributed by atoms with Crippen LogP contribution in [0.5, 0.6) is 5.75 Å². The van der Waals surface area contributed by atoms with Gasteiger partial charge in [0.1, 0.15) is 12.0 Å². The minimum atomic E-state index is -0.915. The fourth-order valence-electron chi connectivity index (χ4n) is 4.87. The molecule has 2 atom stereocenters. The normalized spacial score (nSPS) is 12.0. The van der Waals surface area contributed by atoms with Gasteiger partial charge >= 0.3 is 11.9 Å². The molecule has 0 bridgehead atoms. The van der Waals surface area contributed by atoms with E-state index < -0.39 is 17.9 Å². The van der Waals surface area contributed by atoms with E-state index in [2.05, 4.69) is 10.7 Å². The molecule has 0 saturated carbocycles. The Bertz CT molecular complexity index is 1650.